The van der Waals surface area contributed by atoms with Gasteiger partial charge in [-0.05, 0) is 37.5 Å². The van der Waals surface area contributed by atoms with Crippen molar-refractivity contribution in [1.82, 2.24) is 4.98 Å². The molecule has 0 spiro atoms. The topological polar surface area (TPSA) is 36.7 Å². The van der Waals surface area contributed by atoms with Crippen LogP contribution in [0.3, 0.4) is 0 Å². The van der Waals surface area contributed by atoms with E-state index in [2.05, 4.69) is 42.3 Å². The van der Waals surface area contributed by atoms with Crippen molar-refractivity contribution in [3.63, 3.8) is 0 Å². The maximum Gasteiger partial charge on any atom is 0.0669 e. The second kappa shape index (κ2) is 4.97. The summed E-state index contributed by atoms with van der Waals surface area (Å²) in [5.74, 6) is 0.322. The number of hydrogen-bond donors (Lipinski definition) is 0. The van der Waals surface area contributed by atoms with E-state index >= 15 is 0 Å². The molecule has 0 radical (unpaired) electrons. The monoisotopic (exact) mass is 224 g/mol. The zero-order valence-electron chi connectivity index (χ0n) is 10.3. The summed E-state index contributed by atoms with van der Waals surface area (Å²) in [6.07, 6.45) is 7.80. The molecule has 0 saturated carbocycles. The van der Waals surface area contributed by atoms with E-state index in [4.69, 9.17) is 5.26 Å². The van der Waals surface area contributed by atoms with E-state index in [0.29, 0.717) is 12.3 Å². The van der Waals surface area contributed by atoms with Crippen LogP contribution >= 0.6 is 0 Å². The number of pyridine rings is 1. The Hall–Kier alpha value is -1.88. The van der Waals surface area contributed by atoms with Gasteiger partial charge in [-0.3, -0.25) is 4.98 Å². The molecule has 1 aromatic rings. The van der Waals surface area contributed by atoms with E-state index in [-0.39, 0.29) is 0 Å². The fourth-order valence-corrected chi connectivity index (χ4v) is 2.02. The number of aryl methyl sites for hydroxylation is 2. The summed E-state index contributed by atoms with van der Waals surface area (Å²) in [5, 5.41) is 8.72. The van der Waals surface area contributed by atoms with E-state index in [0.717, 1.165) is 23.4 Å². The van der Waals surface area contributed by atoms with Gasteiger partial charge >= 0.3 is 0 Å². The highest BCUT2D eigenvalue weighted by Gasteiger charge is 2.13. The van der Waals surface area contributed by atoms with Crippen LogP contribution in [0.2, 0.25) is 0 Å². The molecule has 0 aliphatic heterocycles. The molecule has 0 saturated heterocycles. The van der Waals surface area contributed by atoms with Crippen LogP contribution in [0.25, 0.3) is 0 Å². The first-order valence-electron chi connectivity index (χ1n) is 5.89. The lowest BCUT2D eigenvalue weighted by Crippen LogP contribution is -2.03. The highest BCUT2D eigenvalue weighted by atomic mass is 14.7. The third-order valence-electron chi connectivity index (χ3n) is 3.17. The molecule has 1 heterocycles. The summed E-state index contributed by atoms with van der Waals surface area (Å²) in [5.41, 5.74) is 4.52. The molecule has 2 heteroatoms. The van der Waals surface area contributed by atoms with Gasteiger partial charge in [-0.1, -0.05) is 24.3 Å². The SMILES string of the molecule is Cc1ccc(C2C=C(CC#N)C=CC2)nc1C. The van der Waals surface area contributed by atoms with Gasteiger partial charge in [0.05, 0.1) is 12.5 Å². The molecule has 2 rings (SSSR count). The Morgan fingerprint density at radius 1 is 1.41 bits per heavy atom. The molecule has 0 aromatic carbocycles. The lowest BCUT2D eigenvalue weighted by molar-refractivity contribution is 0.796. The number of allylic oxidation sites excluding steroid dienone is 4. The predicted octanol–water partition coefficient (Wildman–Crippen LogP) is 3.58. The summed E-state index contributed by atoms with van der Waals surface area (Å²) < 4.78 is 0. The quantitative estimate of drug-likeness (QED) is 0.769. The smallest absolute Gasteiger partial charge is 0.0669 e. The van der Waals surface area contributed by atoms with Gasteiger partial charge in [-0.25, -0.2) is 0 Å². The molecule has 1 aliphatic carbocycles. The fourth-order valence-electron chi connectivity index (χ4n) is 2.02. The first-order chi connectivity index (χ1) is 8.20. The minimum Gasteiger partial charge on any atom is -0.257 e. The lowest BCUT2D eigenvalue weighted by Gasteiger charge is -2.16. The second-order valence-electron chi connectivity index (χ2n) is 4.46. The van der Waals surface area contributed by atoms with Gasteiger partial charge in [-0.2, -0.15) is 5.26 Å². The van der Waals surface area contributed by atoms with Crippen molar-refractivity contribution in [3.8, 4) is 6.07 Å². The van der Waals surface area contributed by atoms with Crippen LogP contribution in [0.15, 0.2) is 35.9 Å². The lowest BCUT2D eigenvalue weighted by atomic mass is 9.91. The molecule has 86 valence electrons. The molecule has 0 fully saturated rings. The van der Waals surface area contributed by atoms with Crippen molar-refractivity contribution in [3.05, 3.63) is 52.9 Å². The van der Waals surface area contributed by atoms with E-state index in [9.17, 15) is 0 Å². The molecule has 1 aliphatic rings. The van der Waals surface area contributed by atoms with Crippen LogP contribution in [-0.2, 0) is 0 Å². The van der Waals surface area contributed by atoms with Crippen LogP contribution in [0, 0.1) is 25.2 Å². The fraction of sp³-hybridized carbons (Fsp3) is 0.333. The minimum absolute atomic E-state index is 0.322. The van der Waals surface area contributed by atoms with Crippen LogP contribution < -0.4 is 0 Å². The van der Waals surface area contributed by atoms with E-state index < -0.39 is 0 Å². The van der Waals surface area contributed by atoms with Gasteiger partial charge in [0, 0.05) is 17.3 Å². The Balaban J connectivity index is 2.26. The number of hydrogen-bond acceptors (Lipinski definition) is 2. The van der Waals surface area contributed by atoms with Crippen molar-refractivity contribution in [2.24, 2.45) is 0 Å². The summed E-state index contributed by atoms with van der Waals surface area (Å²) in [6, 6.07) is 6.40. The zero-order chi connectivity index (χ0) is 12.3. The zero-order valence-corrected chi connectivity index (χ0v) is 10.3. The van der Waals surface area contributed by atoms with Gasteiger partial charge in [0.15, 0.2) is 0 Å². The third-order valence-corrected chi connectivity index (χ3v) is 3.17. The summed E-state index contributed by atoms with van der Waals surface area (Å²) in [7, 11) is 0. The largest absolute Gasteiger partial charge is 0.257 e. The van der Waals surface area contributed by atoms with Crippen LogP contribution in [0.5, 0.6) is 0 Å². The second-order valence-corrected chi connectivity index (χ2v) is 4.46. The maximum absolute atomic E-state index is 8.72. The van der Waals surface area contributed by atoms with Gasteiger partial charge in [0.1, 0.15) is 0 Å². The molecule has 1 atom stereocenters. The highest BCUT2D eigenvalue weighted by molar-refractivity contribution is 5.33. The molecule has 0 amide bonds. The Morgan fingerprint density at radius 3 is 2.94 bits per heavy atom. The Labute approximate surface area is 102 Å². The van der Waals surface area contributed by atoms with Crippen LogP contribution in [0.1, 0.15) is 35.7 Å². The number of rotatable bonds is 2. The maximum atomic E-state index is 8.72. The van der Waals surface area contributed by atoms with Crippen molar-refractivity contribution in [2.45, 2.75) is 32.6 Å². The van der Waals surface area contributed by atoms with E-state index in [1.54, 1.807) is 0 Å². The average molecular weight is 224 g/mol. The molecule has 2 nitrogen and oxygen atoms in total. The Kier molecular flexibility index (Phi) is 3.39. The first kappa shape index (κ1) is 11.6. The Bertz CT molecular complexity index is 518. The van der Waals surface area contributed by atoms with Crippen LogP contribution in [0.4, 0.5) is 0 Å². The minimum atomic E-state index is 0.322. The van der Waals surface area contributed by atoms with Crippen molar-refractivity contribution in [2.75, 3.05) is 0 Å². The first-order valence-corrected chi connectivity index (χ1v) is 5.89. The van der Waals surface area contributed by atoms with E-state index in [1.165, 1.54) is 5.56 Å². The van der Waals surface area contributed by atoms with Crippen molar-refractivity contribution < 1.29 is 0 Å². The molecule has 1 unspecified atom stereocenters. The molecule has 0 bridgehead atoms. The van der Waals surface area contributed by atoms with Gasteiger partial charge in [0.2, 0.25) is 0 Å². The Morgan fingerprint density at radius 2 is 2.24 bits per heavy atom. The van der Waals surface area contributed by atoms with Crippen LogP contribution in [-0.4, -0.2) is 4.98 Å². The normalized spacial score (nSPS) is 18.6. The van der Waals surface area contributed by atoms with Crippen molar-refractivity contribution in [1.29, 1.82) is 5.26 Å². The molecular formula is C15H16N2. The standard InChI is InChI=1S/C15H16N2/c1-11-6-7-15(17-12(11)2)14-5-3-4-13(10-14)8-9-16/h3-4,6-7,10,14H,5,8H2,1-2H3. The summed E-state index contributed by atoms with van der Waals surface area (Å²) in [6.45, 7) is 4.11. The summed E-state index contributed by atoms with van der Waals surface area (Å²) in [4.78, 5) is 4.63. The van der Waals surface area contributed by atoms with Gasteiger partial charge in [0.25, 0.3) is 0 Å². The van der Waals surface area contributed by atoms with Gasteiger partial charge < -0.3 is 0 Å². The molecule has 1 aromatic heterocycles. The van der Waals surface area contributed by atoms with Gasteiger partial charge in [-0.15, -0.1) is 0 Å². The van der Waals surface area contributed by atoms with Crippen molar-refractivity contribution >= 4 is 0 Å². The summed E-state index contributed by atoms with van der Waals surface area (Å²) >= 11 is 0. The predicted molar refractivity (Wildman–Crippen MR) is 68.5 cm³/mol. The highest BCUT2D eigenvalue weighted by Crippen LogP contribution is 2.27. The molecule has 0 N–H and O–H groups in total. The number of nitrogens with zero attached hydrogens (tertiary/aromatic N) is 2. The number of nitriles is 1. The third kappa shape index (κ3) is 2.62. The van der Waals surface area contributed by atoms with E-state index in [1.807, 2.05) is 13.0 Å². The average Bonchev–Trinajstić information content (AvgIpc) is 2.33. The molecular weight excluding hydrogens is 208 g/mol. The molecule has 17 heavy (non-hydrogen) atoms. The number of aromatic nitrogens is 1.